The third kappa shape index (κ3) is 11.4. The molecular formula is C10H20O3. The van der Waals surface area contributed by atoms with E-state index in [1.54, 1.807) is 0 Å². The molecule has 0 atom stereocenters. The number of hydrogen-bond donors (Lipinski definition) is 1. The summed E-state index contributed by atoms with van der Waals surface area (Å²) in [6, 6.07) is 0. The molecule has 1 N–H and O–H groups in total. The lowest BCUT2D eigenvalue weighted by atomic mass is 10.2. The van der Waals surface area contributed by atoms with Gasteiger partial charge in [-0.25, -0.2) is 0 Å². The van der Waals surface area contributed by atoms with Crippen LogP contribution in [0.4, 0.5) is 0 Å². The highest BCUT2D eigenvalue weighted by molar-refractivity contribution is 5.66. The molecule has 0 saturated carbocycles. The maximum absolute atomic E-state index is 10.1. The number of ether oxygens (including phenoxy) is 1. The van der Waals surface area contributed by atoms with E-state index in [1.165, 1.54) is 0 Å². The molecule has 0 bridgehead atoms. The number of carboxylic acids is 1. The van der Waals surface area contributed by atoms with Crippen molar-refractivity contribution in [3.63, 3.8) is 0 Å². The Hall–Kier alpha value is -0.570. The Labute approximate surface area is 80.1 Å². The monoisotopic (exact) mass is 188 g/mol. The normalized spacial score (nSPS) is 10.7. The summed E-state index contributed by atoms with van der Waals surface area (Å²) in [4.78, 5) is 10.1. The predicted octanol–water partition coefficient (Wildman–Crippen LogP) is 2.30. The van der Waals surface area contributed by atoms with Crippen LogP contribution in [0.3, 0.4) is 0 Å². The van der Waals surface area contributed by atoms with Gasteiger partial charge in [-0.1, -0.05) is 20.3 Å². The van der Waals surface area contributed by atoms with Crippen molar-refractivity contribution in [2.75, 3.05) is 13.2 Å². The molecule has 0 saturated heterocycles. The third-order valence-electron chi connectivity index (χ3n) is 1.63. The Morgan fingerprint density at radius 3 is 2.54 bits per heavy atom. The molecule has 0 aliphatic rings. The molecule has 0 heterocycles. The molecule has 0 radical (unpaired) electrons. The summed E-state index contributed by atoms with van der Waals surface area (Å²) in [5.74, 6) is -0.123. The molecule has 0 aliphatic heterocycles. The van der Waals surface area contributed by atoms with Gasteiger partial charge in [0.05, 0.1) is 0 Å². The first-order valence-corrected chi connectivity index (χ1v) is 4.92. The maximum Gasteiger partial charge on any atom is 0.303 e. The summed E-state index contributed by atoms with van der Waals surface area (Å²) >= 11 is 0. The average molecular weight is 188 g/mol. The van der Waals surface area contributed by atoms with E-state index in [0.717, 1.165) is 32.5 Å². The highest BCUT2D eigenvalue weighted by Gasteiger charge is 1.97. The van der Waals surface area contributed by atoms with Gasteiger partial charge in [0.25, 0.3) is 0 Å². The summed E-state index contributed by atoms with van der Waals surface area (Å²) in [7, 11) is 0. The topological polar surface area (TPSA) is 46.5 Å². The molecule has 0 aliphatic carbocycles. The molecule has 0 unspecified atom stereocenters. The van der Waals surface area contributed by atoms with Crippen LogP contribution in [0.1, 0.15) is 39.5 Å². The van der Waals surface area contributed by atoms with Gasteiger partial charge in [-0.2, -0.15) is 0 Å². The number of unbranched alkanes of at least 4 members (excludes halogenated alkanes) is 2. The minimum atomic E-state index is -0.705. The fraction of sp³-hybridized carbons (Fsp3) is 0.900. The minimum absolute atomic E-state index is 0.282. The Bertz CT molecular complexity index is 132. The molecule has 0 fully saturated rings. The lowest BCUT2D eigenvalue weighted by Gasteiger charge is -2.05. The van der Waals surface area contributed by atoms with Crippen molar-refractivity contribution in [3.05, 3.63) is 0 Å². The molecule has 3 nitrogen and oxygen atoms in total. The molecule has 0 aromatic carbocycles. The third-order valence-corrected chi connectivity index (χ3v) is 1.63. The van der Waals surface area contributed by atoms with Gasteiger partial charge in [-0.05, 0) is 18.8 Å². The van der Waals surface area contributed by atoms with E-state index < -0.39 is 5.97 Å². The predicted molar refractivity (Wildman–Crippen MR) is 51.8 cm³/mol. The number of hydrogen-bond acceptors (Lipinski definition) is 2. The fourth-order valence-electron chi connectivity index (χ4n) is 0.976. The first-order chi connectivity index (χ1) is 6.13. The van der Waals surface area contributed by atoms with E-state index in [9.17, 15) is 4.79 Å². The second-order valence-electron chi connectivity index (χ2n) is 3.67. The van der Waals surface area contributed by atoms with E-state index in [0.29, 0.717) is 5.92 Å². The lowest BCUT2D eigenvalue weighted by Crippen LogP contribution is -2.03. The lowest BCUT2D eigenvalue weighted by molar-refractivity contribution is -0.137. The molecular weight excluding hydrogens is 168 g/mol. The number of rotatable bonds is 8. The van der Waals surface area contributed by atoms with Crippen molar-refractivity contribution in [1.82, 2.24) is 0 Å². The molecule has 0 spiro atoms. The Balaban J connectivity index is 2.96. The van der Waals surface area contributed by atoms with Crippen LogP contribution in [0.25, 0.3) is 0 Å². The molecule has 0 rings (SSSR count). The van der Waals surface area contributed by atoms with Gasteiger partial charge >= 0.3 is 5.97 Å². The largest absolute Gasteiger partial charge is 0.481 e. The van der Waals surface area contributed by atoms with Crippen LogP contribution < -0.4 is 0 Å². The second kappa shape index (κ2) is 8.05. The fourth-order valence-corrected chi connectivity index (χ4v) is 0.976. The molecule has 0 amide bonds. The van der Waals surface area contributed by atoms with Gasteiger partial charge in [-0.15, -0.1) is 0 Å². The Morgan fingerprint density at radius 1 is 1.31 bits per heavy atom. The van der Waals surface area contributed by atoms with Gasteiger partial charge in [0.15, 0.2) is 0 Å². The van der Waals surface area contributed by atoms with Crippen molar-refractivity contribution in [2.24, 2.45) is 5.92 Å². The van der Waals surface area contributed by atoms with Gasteiger partial charge in [0.2, 0.25) is 0 Å². The van der Waals surface area contributed by atoms with Crippen LogP contribution in [0.5, 0.6) is 0 Å². The van der Waals surface area contributed by atoms with Crippen LogP contribution >= 0.6 is 0 Å². The molecule has 13 heavy (non-hydrogen) atoms. The van der Waals surface area contributed by atoms with Crippen LogP contribution in [0.2, 0.25) is 0 Å². The average Bonchev–Trinajstić information content (AvgIpc) is 2.01. The standard InChI is InChI=1S/C10H20O3/c1-9(2)8-13-7-5-3-4-6-10(11)12/h9H,3-8H2,1-2H3,(H,11,12). The summed E-state index contributed by atoms with van der Waals surface area (Å²) in [6.07, 6.45) is 2.97. The van der Waals surface area contributed by atoms with Gasteiger partial charge in [0, 0.05) is 19.6 Å². The van der Waals surface area contributed by atoms with Crippen molar-refractivity contribution >= 4 is 5.97 Å². The van der Waals surface area contributed by atoms with E-state index in [4.69, 9.17) is 9.84 Å². The molecule has 78 valence electrons. The molecule has 0 aromatic heterocycles. The number of aliphatic carboxylic acids is 1. The van der Waals surface area contributed by atoms with Crippen molar-refractivity contribution in [1.29, 1.82) is 0 Å². The zero-order chi connectivity index (χ0) is 10.1. The number of carboxylic acid groups (broad SMARTS) is 1. The van der Waals surface area contributed by atoms with E-state index in [1.807, 2.05) is 0 Å². The Kier molecular flexibility index (Phi) is 7.69. The zero-order valence-electron chi connectivity index (χ0n) is 8.58. The quantitative estimate of drug-likeness (QED) is 0.594. The van der Waals surface area contributed by atoms with Crippen LogP contribution in [0, 0.1) is 5.92 Å². The van der Waals surface area contributed by atoms with Crippen LogP contribution in [-0.4, -0.2) is 24.3 Å². The molecule has 0 aromatic rings. The van der Waals surface area contributed by atoms with Crippen molar-refractivity contribution in [3.8, 4) is 0 Å². The highest BCUT2D eigenvalue weighted by atomic mass is 16.5. The Morgan fingerprint density at radius 2 is 2.00 bits per heavy atom. The number of carbonyl (C=O) groups is 1. The van der Waals surface area contributed by atoms with Crippen molar-refractivity contribution in [2.45, 2.75) is 39.5 Å². The smallest absolute Gasteiger partial charge is 0.303 e. The summed E-state index contributed by atoms with van der Waals surface area (Å²) in [5, 5.41) is 8.36. The van der Waals surface area contributed by atoms with Gasteiger partial charge in [0.1, 0.15) is 0 Å². The zero-order valence-corrected chi connectivity index (χ0v) is 8.58. The van der Waals surface area contributed by atoms with Gasteiger partial charge in [-0.3, -0.25) is 4.79 Å². The highest BCUT2D eigenvalue weighted by Crippen LogP contribution is 2.01. The summed E-state index contributed by atoms with van der Waals surface area (Å²) < 4.78 is 5.35. The minimum Gasteiger partial charge on any atom is -0.481 e. The first-order valence-electron chi connectivity index (χ1n) is 4.92. The molecule has 3 heteroatoms. The first kappa shape index (κ1) is 12.4. The summed E-state index contributed by atoms with van der Waals surface area (Å²) in [5.41, 5.74) is 0. The van der Waals surface area contributed by atoms with Crippen molar-refractivity contribution < 1.29 is 14.6 Å². The van der Waals surface area contributed by atoms with Crippen LogP contribution in [0.15, 0.2) is 0 Å². The van der Waals surface area contributed by atoms with Crippen LogP contribution in [-0.2, 0) is 9.53 Å². The summed E-state index contributed by atoms with van der Waals surface area (Å²) in [6.45, 7) is 5.80. The van der Waals surface area contributed by atoms with Gasteiger partial charge < -0.3 is 9.84 Å². The van der Waals surface area contributed by atoms with E-state index >= 15 is 0 Å². The van der Waals surface area contributed by atoms with E-state index in [-0.39, 0.29) is 6.42 Å². The SMILES string of the molecule is CC(C)COCCCCCC(=O)O. The second-order valence-corrected chi connectivity index (χ2v) is 3.67. The van der Waals surface area contributed by atoms with E-state index in [2.05, 4.69) is 13.8 Å². The maximum atomic E-state index is 10.1.